The molecule has 1 atom stereocenters. The van der Waals surface area contributed by atoms with Crippen molar-refractivity contribution < 1.29 is 14.2 Å². The molecule has 2 aromatic carbocycles. The zero-order valence-corrected chi connectivity index (χ0v) is 12.8. The van der Waals surface area contributed by atoms with Gasteiger partial charge in [-0.25, -0.2) is 4.39 Å². The molecule has 0 fully saturated rings. The molecule has 0 bridgehead atoms. The van der Waals surface area contributed by atoms with E-state index >= 15 is 0 Å². The van der Waals surface area contributed by atoms with Crippen molar-refractivity contribution in [2.45, 2.75) is 25.4 Å². The van der Waals surface area contributed by atoms with Crippen molar-refractivity contribution in [1.82, 2.24) is 0 Å². The molecule has 2 rings (SSSR count). The third kappa shape index (κ3) is 4.19. The Hall–Kier alpha value is -1.58. The van der Waals surface area contributed by atoms with E-state index in [0.717, 1.165) is 11.3 Å². The maximum atomic E-state index is 13.4. The SMILES string of the molecule is COc1ccc(CC(C)(O)Cc2cccc(F)c2Cl)cc1. The van der Waals surface area contributed by atoms with Gasteiger partial charge in [-0.2, -0.15) is 0 Å². The smallest absolute Gasteiger partial charge is 0.142 e. The van der Waals surface area contributed by atoms with Crippen molar-refractivity contribution in [2.24, 2.45) is 0 Å². The van der Waals surface area contributed by atoms with Crippen LogP contribution in [0.25, 0.3) is 0 Å². The molecule has 2 nitrogen and oxygen atoms in total. The first kappa shape index (κ1) is 15.8. The Morgan fingerprint density at radius 2 is 1.81 bits per heavy atom. The predicted octanol–water partition coefficient (Wildman–Crippen LogP) is 4.02. The Balaban J connectivity index is 2.12. The van der Waals surface area contributed by atoms with Crippen LogP contribution in [0.2, 0.25) is 5.02 Å². The third-order valence-electron chi connectivity index (χ3n) is 3.35. The van der Waals surface area contributed by atoms with Gasteiger partial charge in [0.05, 0.1) is 17.7 Å². The first-order chi connectivity index (χ1) is 9.91. The predicted molar refractivity (Wildman–Crippen MR) is 82.4 cm³/mol. The van der Waals surface area contributed by atoms with Gasteiger partial charge in [0.1, 0.15) is 11.6 Å². The van der Waals surface area contributed by atoms with Gasteiger partial charge in [0, 0.05) is 12.8 Å². The molecule has 0 aromatic heterocycles. The van der Waals surface area contributed by atoms with Crippen LogP contribution < -0.4 is 4.74 Å². The zero-order chi connectivity index (χ0) is 15.5. The van der Waals surface area contributed by atoms with Gasteiger partial charge in [-0.3, -0.25) is 0 Å². The Morgan fingerprint density at radius 3 is 2.43 bits per heavy atom. The first-order valence-corrected chi connectivity index (χ1v) is 7.07. The minimum atomic E-state index is -1.01. The van der Waals surface area contributed by atoms with E-state index < -0.39 is 11.4 Å². The molecule has 4 heteroatoms. The fourth-order valence-electron chi connectivity index (χ4n) is 2.34. The molecular weight excluding hydrogens is 291 g/mol. The standard InChI is InChI=1S/C17H18ClFO2/c1-17(20,10-12-6-8-14(21-2)9-7-12)11-13-4-3-5-15(19)16(13)18/h3-9,20H,10-11H2,1-2H3. The summed E-state index contributed by atoms with van der Waals surface area (Å²) in [6.45, 7) is 1.72. The molecule has 21 heavy (non-hydrogen) atoms. The van der Waals surface area contributed by atoms with E-state index in [9.17, 15) is 9.50 Å². The second-order valence-electron chi connectivity index (χ2n) is 5.41. The van der Waals surface area contributed by atoms with Gasteiger partial charge in [0.25, 0.3) is 0 Å². The summed E-state index contributed by atoms with van der Waals surface area (Å²) in [5.41, 5.74) is 0.579. The van der Waals surface area contributed by atoms with Gasteiger partial charge in [-0.05, 0) is 36.2 Å². The summed E-state index contributed by atoms with van der Waals surface area (Å²) < 4.78 is 18.5. The van der Waals surface area contributed by atoms with E-state index in [2.05, 4.69) is 0 Å². The minimum absolute atomic E-state index is 0.0764. The molecule has 0 aliphatic rings. The second kappa shape index (κ2) is 6.46. The van der Waals surface area contributed by atoms with Gasteiger partial charge < -0.3 is 9.84 Å². The summed E-state index contributed by atoms with van der Waals surface area (Å²) in [6.07, 6.45) is 0.736. The summed E-state index contributed by atoms with van der Waals surface area (Å²) in [6, 6.07) is 12.1. The summed E-state index contributed by atoms with van der Waals surface area (Å²) in [5.74, 6) is 0.306. The van der Waals surface area contributed by atoms with Crippen LogP contribution in [0.5, 0.6) is 5.75 Å². The fourth-order valence-corrected chi connectivity index (χ4v) is 2.53. The van der Waals surface area contributed by atoms with Gasteiger partial charge >= 0.3 is 0 Å². The third-order valence-corrected chi connectivity index (χ3v) is 3.77. The van der Waals surface area contributed by atoms with Crippen molar-refractivity contribution >= 4 is 11.6 Å². The van der Waals surface area contributed by atoms with Crippen LogP contribution >= 0.6 is 11.6 Å². The van der Waals surface area contributed by atoms with Crippen LogP contribution in [-0.2, 0) is 12.8 Å². The average molecular weight is 309 g/mol. The van der Waals surface area contributed by atoms with Crippen LogP contribution in [0.4, 0.5) is 4.39 Å². The van der Waals surface area contributed by atoms with E-state index in [1.54, 1.807) is 26.2 Å². The summed E-state index contributed by atoms with van der Waals surface area (Å²) >= 11 is 5.94. The summed E-state index contributed by atoms with van der Waals surface area (Å²) in [5, 5.41) is 10.6. The maximum absolute atomic E-state index is 13.4. The number of hydrogen-bond donors (Lipinski definition) is 1. The number of benzene rings is 2. The number of halogens is 2. The maximum Gasteiger partial charge on any atom is 0.142 e. The molecular formula is C17H18ClFO2. The average Bonchev–Trinajstić information content (AvgIpc) is 2.44. The normalized spacial score (nSPS) is 13.8. The monoisotopic (exact) mass is 308 g/mol. The highest BCUT2D eigenvalue weighted by Crippen LogP contribution is 2.26. The highest BCUT2D eigenvalue weighted by Gasteiger charge is 2.23. The Labute approximate surface area is 129 Å². The number of aliphatic hydroxyl groups is 1. The molecule has 0 saturated heterocycles. The highest BCUT2D eigenvalue weighted by molar-refractivity contribution is 6.31. The Morgan fingerprint density at radius 1 is 1.14 bits per heavy atom. The molecule has 0 amide bonds. The minimum Gasteiger partial charge on any atom is -0.497 e. The molecule has 0 aliphatic heterocycles. The number of ether oxygens (including phenoxy) is 1. The molecule has 112 valence electrons. The molecule has 0 saturated carbocycles. The van der Waals surface area contributed by atoms with Gasteiger partial charge in [-0.15, -0.1) is 0 Å². The lowest BCUT2D eigenvalue weighted by molar-refractivity contribution is 0.0608. The zero-order valence-electron chi connectivity index (χ0n) is 12.1. The number of methoxy groups -OCH3 is 1. The van der Waals surface area contributed by atoms with Crippen molar-refractivity contribution in [3.63, 3.8) is 0 Å². The molecule has 0 aliphatic carbocycles. The van der Waals surface area contributed by atoms with Gasteiger partial charge in [-0.1, -0.05) is 35.9 Å². The number of rotatable bonds is 5. The molecule has 0 heterocycles. The van der Waals surface area contributed by atoms with Crippen LogP contribution in [0.3, 0.4) is 0 Å². The lowest BCUT2D eigenvalue weighted by atomic mass is 9.90. The van der Waals surface area contributed by atoms with Crippen LogP contribution in [0, 0.1) is 5.82 Å². The van der Waals surface area contributed by atoms with Crippen LogP contribution in [0.15, 0.2) is 42.5 Å². The topological polar surface area (TPSA) is 29.5 Å². The van der Waals surface area contributed by atoms with E-state index in [1.807, 2.05) is 24.3 Å². The largest absolute Gasteiger partial charge is 0.497 e. The molecule has 2 aromatic rings. The Kier molecular flexibility index (Phi) is 4.86. The quantitative estimate of drug-likeness (QED) is 0.904. The van der Waals surface area contributed by atoms with Crippen molar-refractivity contribution in [3.8, 4) is 5.75 Å². The van der Waals surface area contributed by atoms with E-state index in [4.69, 9.17) is 16.3 Å². The van der Waals surface area contributed by atoms with Crippen LogP contribution in [0.1, 0.15) is 18.1 Å². The molecule has 0 radical (unpaired) electrons. The van der Waals surface area contributed by atoms with Gasteiger partial charge in [0.2, 0.25) is 0 Å². The summed E-state index contributed by atoms with van der Waals surface area (Å²) in [4.78, 5) is 0. The lowest BCUT2D eigenvalue weighted by Gasteiger charge is -2.24. The van der Waals surface area contributed by atoms with Crippen molar-refractivity contribution in [2.75, 3.05) is 7.11 Å². The first-order valence-electron chi connectivity index (χ1n) is 6.69. The fraction of sp³-hybridized carbons (Fsp3) is 0.294. The molecule has 0 spiro atoms. The summed E-state index contributed by atoms with van der Waals surface area (Å²) in [7, 11) is 1.61. The molecule has 1 N–H and O–H groups in total. The number of hydrogen-bond acceptors (Lipinski definition) is 2. The van der Waals surface area contributed by atoms with Crippen LogP contribution in [-0.4, -0.2) is 17.8 Å². The second-order valence-corrected chi connectivity index (χ2v) is 5.79. The van der Waals surface area contributed by atoms with E-state index in [1.165, 1.54) is 6.07 Å². The van der Waals surface area contributed by atoms with Crippen molar-refractivity contribution in [3.05, 3.63) is 64.4 Å². The highest BCUT2D eigenvalue weighted by atomic mass is 35.5. The lowest BCUT2D eigenvalue weighted by Crippen LogP contribution is -2.30. The van der Waals surface area contributed by atoms with Gasteiger partial charge in [0.15, 0.2) is 0 Å². The molecule has 1 unspecified atom stereocenters. The van der Waals surface area contributed by atoms with E-state index in [0.29, 0.717) is 12.0 Å². The Bertz CT molecular complexity index is 609. The van der Waals surface area contributed by atoms with Crippen molar-refractivity contribution in [1.29, 1.82) is 0 Å². The van der Waals surface area contributed by atoms with E-state index in [-0.39, 0.29) is 11.4 Å².